The van der Waals surface area contributed by atoms with Crippen molar-refractivity contribution < 1.29 is 9.47 Å². The molecule has 0 aromatic heterocycles. The highest BCUT2D eigenvalue weighted by Gasteiger charge is 2.48. The van der Waals surface area contributed by atoms with E-state index in [1.54, 1.807) is 0 Å². The molecule has 3 aliphatic carbocycles. The van der Waals surface area contributed by atoms with E-state index < -0.39 is 0 Å². The van der Waals surface area contributed by atoms with E-state index in [0.29, 0.717) is 23.0 Å². The molecule has 126 valence electrons. The predicted molar refractivity (Wildman–Crippen MR) is 88.8 cm³/mol. The molecule has 0 aromatic carbocycles. The van der Waals surface area contributed by atoms with E-state index in [1.807, 2.05) is 0 Å². The third-order valence-electron chi connectivity index (χ3n) is 7.13. The van der Waals surface area contributed by atoms with Crippen LogP contribution in [0.2, 0.25) is 0 Å². The van der Waals surface area contributed by atoms with Crippen LogP contribution in [0.4, 0.5) is 0 Å². The fourth-order valence-electron chi connectivity index (χ4n) is 5.31. The monoisotopic (exact) mass is 306 g/mol. The lowest BCUT2D eigenvalue weighted by Gasteiger charge is -2.33. The maximum Gasteiger partial charge on any atom is 0.0847 e. The molecular formula is C20H34O2. The van der Waals surface area contributed by atoms with Gasteiger partial charge in [0.1, 0.15) is 0 Å². The summed E-state index contributed by atoms with van der Waals surface area (Å²) in [6.07, 6.45) is 15.0. The Hall–Kier alpha value is -0.0800. The lowest BCUT2D eigenvalue weighted by atomic mass is 9.72. The Morgan fingerprint density at radius 2 is 1.82 bits per heavy atom. The second-order valence-corrected chi connectivity index (χ2v) is 9.59. The fourth-order valence-corrected chi connectivity index (χ4v) is 5.31. The van der Waals surface area contributed by atoms with Gasteiger partial charge in [-0.1, -0.05) is 20.3 Å². The van der Waals surface area contributed by atoms with Crippen molar-refractivity contribution in [2.24, 2.45) is 22.7 Å². The van der Waals surface area contributed by atoms with Gasteiger partial charge in [-0.05, 0) is 80.5 Å². The number of epoxide rings is 1. The zero-order valence-electron chi connectivity index (χ0n) is 14.6. The van der Waals surface area contributed by atoms with Gasteiger partial charge in [0.25, 0.3) is 0 Å². The van der Waals surface area contributed by atoms with Crippen LogP contribution in [0.3, 0.4) is 0 Å². The van der Waals surface area contributed by atoms with Crippen LogP contribution in [0.25, 0.3) is 0 Å². The van der Waals surface area contributed by atoms with E-state index in [2.05, 4.69) is 13.8 Å². The Balaban J connectivity index is 1.08. The molecule has 2 nitrogen and oxygen atoms in total. The molecule has 0 amide bonds. The van der Waals surface area contributed by atoms with E-state index in [4.69, 9.17) is 9.47 Å². The molecule has 0 aromatic rings. The third-order valence-corrected chi connectivity index (χ3v) is 7.13. The quantitative estimate of drug-likeness (QED) is 0.490. The SMILES string of the molecule is CC1(COCCCCC2(C)CCC3OC3C2)CCC2CC2C1. The highest BCUT2D eigenvalue weighted by molar-refractivity contribution is 4.97. The van der Waals surface area contributed by atoms with Crippen LogP contribution in [0.5, 0.6) is 0 Å². The second kappa shape index (κ2) is 5.77. The zero-order chi connectivity index (χ0) is 15.2. The topological polar surface area (TPSA) is 21.8 Å². The lowest BCUT2D eigenvalue weighted by molar-refractivity contribution is 0.0259. The number of ether oxygens (including phenoxy) is 2. The Labute approximate surface area is 136 Å². The van der Waals surface area contributed by atoms with Crippen LogP contribution in [0, 0.1) is 22.7 Å². The van der Waals surface area contributed by atoms with Gasteiger partial charge >= 0.3 is 0 Å². The van der Waals surface area contributed by atoms with Crippen molar-refractivity contribution in [2.75, 3.05) is 13.2 Å². The molecule has 1 saturated heterocycles. The number of unbranched alkanes of at least 4 members (excludes halogenated alkanes) is 1. The van der Waals surface area contributed by atoms with Gasteiger partial charge < -0.3 is 9.47 Å². The maximum atomic E-state index is 6.07. The van der Waals surface area contributed by atoms with Crippen molar-refractivity contribution in [1.29, 1.82) is 0 Å². The standard InChI is InChI=1S/C20H34O2/c1-19(9-6-17-18(13-19)22-17)7-3-4-10-21-14-20(2)8-5-15-11-16(15)12-20/h15-18H,3-14H2,1-2H3. The highest BCUT2D eigenvalue weighted by Crippen LogP contribution is 2.55. The Bertz CT molecular complexity index is 371. The number of hydrogen-bond donors (Lipinski definition) is 0. The first-order valence-electron chi connectivity index (χ1n) is 9.79. The molecule has 0 N–H and O–H groups in total. The van der Waals surface area contributed by atoms with Gasteiger partial charge in [-0.3, -0.25) is 0 Å². The minimum absolute atomic E-state index is 0.491. The Morgan fingerprint density at radius 3 is 2.64 bits per heavy atom. The first kappa shape index (κ1) is 15.4. The van der Waals surface area contributed by atoms with Crippen LogP contribution in [-0.4, -0.2) is 25.4 Å². The van der Waals surface area contributed by atoms with Gasteiger partial charge in [-0.2, -0.15) is 0 Å². The summed E-state index contributed by atoms with van der Waals surface area (Å²) >= 11 is 0. The predicted octanol–water partition coefficient (Wildman–Crippen LogP) is 4.96. The zero-order valence-corrected chi connectivity index (χ0v) is 14.6. The molecule has 6 atom stereocenters. The highest BCUT2D eigenvalue weighted by atomic mass is 16.6. The summed E-state index contributed by atoms with van der Waals surface area (Å²) in [7, 11) is 0. The normalized spacial score (nSPS) is 49.4. The van der Waals surface area contributed by atoms with Crippen molar-refractivity contribution in [3.05, 3.63) is 0 Å². The van der Waals surface area contributed by atoms with Crippen LogP contribution >= 0.6 is 0 Å². The molecule has 0 spiro atoms. The Morgan fingerprint density at radius 1 is 0.955 bits per heavy atom. The van der Waals surface area contributed by atoms with E-state index >= 15 is 0 Å². The molecule has 22 heavy (non-hydrogen) atoms. The average molecular weight is 306 g/mol. The van der Waals surface area contributed by atoms with Crippen LogP contribution in [0.15, 0.2) is 0 Å². The number of rotatable bonds is 7. The van der Waals surface area contributed by atoms with Gasteiger partial charge in [-0.15, -0.1) is 0 Å². The number of hydrogen-bond acceptors (Lipinski definition) is 2. The van der Waals surface area contributed by atoms with Crippen LogP contribution in [-0.2, 0) is 9.47 Å². The average Bonchev–Trinajstić information content (AvgIpc) is 3.36. The molecule has 6 unspecified atom stereocenters. The minimum atomic E-state index is 0.491. The van der Waals surface area contributed by atoms with Crippen LogP contribution in [0.1, 0.15) is 78.1 Å². The summed E-state index contributed by atoms with van der Waals surface area (Å²) in [6, 6.07) is 0. The van der Waals surface area contributed by atoms with Crippen LogP contribution < -0.4 is 0 Å². The molecule has 1 aliphatic heterocycles. The molecule has 4 aliphatic rings. The summed E-state index contributed by atoms with van der Waals surface area (Å²) in [5.74, 6) is 2.15. The lowest BCUT2D eigenvalue weighted by Crippen LogP contribution is -2.27. The van der Waals surface area contributed by atoms with E-state index in [9.17, 15) is 0 Å². The molecule has 0 bridgehead atoms. The smallest absolute Gasteiger partial charge is 0.0847 e. The molecule has 2 heteroatoms. The van der Waals surface area contributed by atoms with E-state index in [1.165, 1.54) is 64.2 Å². The summed E-state index contributed by atoms with van der Waals surface area (Å²) in [4.78, 5) is 0. The molecular weight excluding hydrogens is 272 g/mol. The maximum absolute atomic E-state index is 6.07. The van der Waals surface area contributed by atoms with Crippen molar-refractivity contribution >= 4 is 0 Å². The van der Waals surface area contributed by atoms with Crippen molar-refractivity contribution in [3.63, 3.8) is 0 Å². The van der Waals surface area contributed by atoms with Gasteiger partial charge in [0.15, 0.2) is 0 Å². The summed E-state index contributed by atoms with van der Waals surface area (Å²) in [5.41, 5.74) is 1.04. The molecule has 4 rings (SSSR count). The first-order chi connectivity index (χ1) is 10.6. The molecule has 0 radical (unpaired) electrons. The van der Waals surface area contributed by atoms with Gasteiger partial charge in [0.05, 0.1) is 18.8 Å². The third kappa shape index (κ3) is 3.53. The molecule has 3 saturated carbocycles. The van der Waals surface area contributed by atoms with Gasteiger partial charge in [0.2, 0.25) is 0 Å². The first-order valence-corrected chi connectivity index (χ1v) is 9.79. The van der Waals surface area contributed by atoms with E-state index in [0.717, 1.165) is 25.0 Å². The van der Waals surface area contributed by atoms with Crippen molar-refractivity contribution in [1.82, 2.24) is 0 Å². The Kier molecular flexibility index (Phi) is 4.05. The number of fused-ring (bicyclic) bond motifs is 2. The molecule has 4 fully saturated rings. The van der Waals surface area contributed by atoms with Gasteiger partial charge in [-0.25, -0.2) is 0 Å². The van der Waals surface area contributed by atoms with Crippen molar-refractivity contribution in [3.8, 4) is 0 Å². The second-order valence-electron chi connectivity index (χ2n) is 9.59. The minimum Gasteiger partial charge on any atom is -0.381 e. The summed E-state index contributed by atoms with van der Waals surface area (Å²) in [6.45, 7) is 6.91. The summed E-state index contributed by atoms with van der Waals surface area (Å²) < 4.78 is 11.8. The van der Waals surface area contributed by atoms with E-state index in [-0.39, 0.29) is 0 Å². The van der Waals surface area contributed by atoms with Gasteiger partial charge in [0, 0.05) is 6.61 Å². The fraction of sp³-hybridized carbons (Fsp3) is 1.00. The summed E-state index contributed by atoms with van der Waals surface area (Å²) in [5, 5.41) is 0. The van der Waals surface area contributed by atoms with Crippen molar-refractivity contribution in [2.45, 2.75) is 90.3 Å². The molecule has 1 heterocycles. The largest absolute Gasteiger partial charge is 0.381 e.